The van der Waals surface area contributed by atoms with Crippen LogP contribution in [0.3, 0.4) is 0 Å². The second-order valence-electron chi connectivity index (χ2n) is 8.10. The van der Waals surface area contributed by atoms with Gasteiger partial charge < -0.3 is 19.8 Å². The van der Waals surface area contributed by atoms with Crippen molar-refractivity contribution in [3.63, 3.8) is 0 Å². The lowest BCUT2D eigenvalue weighted by Crippen LogP contribution is -2.37. The molecule has 0 saturated carbocycles. The van der Waals surface area contributed by atoms with Gasteiger partial charge in [-0.1, -0.05) is 48.5 Å². The first-order valence-electron chi connectivity index (χ1n) is 10.5. The molecule has 3 aliphatic carbocycles. The quantitative estimate of drug-likeness (QED) is 0.521. The van der Waals surface area contributed by atoms with Crippen molar-refractivity contribution in [3.05, 3.63) is 82.9 Å². The van der Waals surface area contributed by atoms with Gasteiger partial charge in [0, 0.05) is 30.6 Å². The van der Waals surface area contributed by atoms with Crippen molar-refractivity contribution in [1.29, 1.82) is 0 Å². The van der Waals surface area contributed by atoms with Crippen LogP contribution < -0.4 is 0 Å². The molecule has 2 bridgehead atoms. The van der Waals surface area contributed by atoms with Gasteiger partial charge in [0.15, 0.2) is 0 Å². The van der Waals surface area contributed by atoms with Gasteiger partial charge in [-0.05, 0) is 55.7 Å². The Morgan fingerprint density at radius 2 is 1.42 bits per heavy atom. The molecule has 2 aromatic carbocycles. The van der Waals surface area contributed by atoms with Crippen LogP contribution in [-0.2, 0) is 14.3 Å². The third-order valence-electron chi connectivity index (χ3n) is 5.70. The van der Waals surface area contributed by atoms with Crippen LogP contribution in [0.4, 0.5) is 0 Å². The Bertz CT molecular complexity index is 889. The number of carbonyl (C=O) groups is 2. The second-order valence-corrected chi connectivity index (χ2v) is 8.10. The maximum atomic E-state index is 9.55. The zero-order valence-corrected chi connectivity index (χ0v) is 17.9. The molecule has 2 N–H and O–H groups in total. The van der Waals surface area contributed by atoms with Gasteiger partial charge in [0.1, 0.15) is 0 Å². The van der Waals surface area contributed by atoms with Gasteiger partial charge in [-0.15, -0.1) is 0 Å². The summed E-state index contributed by atoms with van der Waals surface area (Å²) in [6.07, 6.45) is 3.67. The molecule has 1 unspecified atom stereocenters. The predicted molar refractivity (Wildman–Crippen MR) is 119 cm³/mol. The molecule has 5 rings (SSSR count). The molecule has 0 aromatic heterocycles. The SMILES string of the molecule is CN(C)CCCOC1CC2c3ccccc3C1c1ccccc12.O=C(O)/C=C/C(=O)O. The Balaban J connectivity index is 0.000000293. The summed E-state index contributed by atoms with van der Waals surface area (Å²) in [5.41, 5.74) is 6.01. The largest absolute Gasteiger partial charge is 0.478 e. The topological polar surface area (TPSA) is 87.1 Å². The summed E-state index contributed by atoms with van der Waals surface area (Å²) in [6.45, 7) is 1.95. The van der Waals surface area contributed by atoms with E-state index in [1.54, 1.807) is 0 Å². The highest BCUT2D eigenvalue weighted by Crippen LogP contribution is 2.53. The number of carboxylic acids is 2. The van der Waals surface area contributed by atoms with Crippen LogP contribution in [-0.4, -0.2) is 60.4 Å². The molecule has 6 heteroatoms. The third-order valence-corrected chi connectivity index (χ3v) is 5.70. The number of hydrogen-bond donors (Lipinski definition) is 2. The number of fused-ring (bicyclic) bond motifs is 1. The summed E-state index contributed by atoms with van der Waals surface area (Å²) < 4.78 is 6.35. The fourth-order valence-electron chi connectivity index (χ4n) is 4.50. The number of hydrogen-bond acceptors (Lipinski definition) is 4. The minimum absolute atomic E-state index is 0.326. The van der Waals surface area contributed by atoms with Crippen molar-refractivity contribution < 1.29 is 24.5 Å². The first-order valence-corrected chi connectivity index (χ1v) is 10.5. The van der Waals surface area contributed by atoms with E-state index >= 15 is 0 Å². The molecule has 0 heterocycles. The molecule has 2 aromatic rings. The van der Waals surface area contributed by atoms with E-state index in [0.29, 0.717) is 30.1 Å². The molecule has 164 valence electrons. The smallest absolute Gasteiger partial charge is 0.328 e. The molecule has 6 nitrogen and oxygen atoms in total. The number of ether oxygens (including phenoxy) is 1. The van der Waals surface area contributed by atoms with Gasteiger partial charge in [-0.3, -0.25) is 0 Å². The van der Waals surface area contributed by atoms with Crippen LogP contribution in [0, 0.1) is 0 Å². The van der Waals surface area contributed by atoms with Crippen LogP contribution in [0.15, 0.2) is 60.7 Å². The molecule has 1 atom stereocenters. The Labute approximate surface area is 182 Å². The highest BCUT2D eigenvalue weighted by atomic mass is 16.5. The van der Waals surface area contributed by atoms with Gasteiger partial charge >= 0.3 is 11.9 Å². The highest BCUT2D eigenvalue weighted by molar-refractivity contribution is 5.89. The number of rotatable bonds is 7. The first kappa shape index (κ1) is 22.7. The van der Waals surface area contributed by atoms with Gasteiger partial charge in [0.25, 0.3) is 0 Å². The van der Waals surface area contributed by atoms with E-state index in [9.17, 15) is 9.59 Å². The highest BCUT2D eigenvalue weighted by Gasteiger charge is 2.43. The summed E-state index contributed by atoms with van der Waals surface area (Å²) >= 11 is 0. The van der Waals surface area contributed by atoms with Gasteiger partial charge in [-0.25, -0.2) is 9.59 Å². The van der Waals surface area contributed by atoms with E-state index in [0.717, 1.165) is 26.0 Å². The lowest BCUT2D eigenvalue weighted by Gasteiger charge is -2.45. The van der Waals surface area contributed by atoms with Crippen molar-refractivity contribution in [2.24, 2.45) is 0 Å². The van der Waals surface area contributed by atoms with E-state index in [2.05, 4.69) is 67.5 Å². The molecule has 0 spiro atoms. The number of benzene rings is 2. The summed E-state index contributed by atoms with van der Waals surface area (Å²) in [4.78, 5) is 21.3. The lowest BCUT2D eigenvalue weighted by molar-refractivity contribution is -0.134. The summed E-state index contributed by atoms with van der Waals surface area (Å²) in [7, 11) is 4.24. The van der Waals surface area contributed by atoms with E-state index in [1.807, 2.05) is 0 Å². The average molecular weight is 424 g/mol. The van der Waals surface area contributed by atoms with E-state index in [-0.39, 0.29) is 0 Å². The lowest BCUT2D eigenvalue weighted by atomic mass is 9.62. The fourth-order valence-corrected chi connectivity index (χ4v) is 4.50. The van der Waals surface area contributed by atoms with Crippen LogP contribution in [0.5, 0.6) is 0 Å². The zero-order valence-electron chi connectivity index (χ0n) is 17.9. The Hall–Kier alpha value is -2.96. The Morgan fingerprint density at radius 1 is 0.935 bits per heavy atom. The van der Waals surface area contributed by atoms with Crippen LogP contribution in [0.2, 0.25) is 0 Å². The fraction of sp³-hybridized carbons (Fsp3) is 0.360. The van der Waals surface area contributed by atoms with Crippen LogP contribution in [0.25, 0.3) is 0 Å². The molecule has 0 amide bonds. The molecule has 0 saturated heterocycles. The van der Waals surface area contributed by atoms with E-state index in [4.69, 9.17) is 14.9 Å². The Kier molecular flexibility index (Phi) is 7.60. The molecule has 3 aliphatic rings. The zero-order chi connectivity index (χ0) is 22.4. The minimum atomic E-state index is -1.26. The van der Waals surface area contributed by atoms with E-state index < -0.39 is 11.9 Å². The van der Waals surface area contributed by atoms with Gasteiger partial charge in [-0.2, -0.15) is 0 Å². The number of carboxylic acid groups (broad SMARTS) is 2. The van der Waals surface area contributed by atoms with Gasteiger partial charge in [0.05, 0.1) is 6.10 Å². The third kappa shape index (κ3) is 5.60. The minimum Gasteiger partial charge on any atom is -0.478 e. The monoisotopic (exact) mass is 423 g/mol. The Morgan fingerprint density at radius 3 is 1.87 bits per heavy atom. The average Bonchev–Trinajstić information content (AvgIpc) is 2.76. The molecular formula is C25H29NO5. The molecule has 31 heavy (non-hydrogen) atoms. The maximum Gasteiger partial charge on any atom is 0.328 e. The predicted octanol–water partition coefficient (Wildman–Crippen LogP) is 3.72. The molecule has 0 aliphatic heterocycles. The number of nitrogens with zero attached hydrogens (tertiary/aromatic N) is 1. The van der Waals surface area contributed by atoms with Crippen molar-refractivity contribution in [2.45, 2.75) is 30.8 Å². The van der Waals surface area contributed by atoms with Crippen LogP contribution in [0.1, 0.15) is 46.9 Å². The second kappa shape index (κ2) is 10.4. The van der Waals surface area contributed by atoms with Crippen molar-refractivity contribution in [1.82, 2.24) is 4.90 Å². The van der Waals surface area contributed by atoms with Crippen molar-refractivity contribution in [2.75, 3.05) is 27.2 Å². The summed E-state index contributed by atoms with van der Waals surface area (Å²) in [6, 6.07) is 17.9. The van der Waals surface area contributed by atoms with Crippen LogP contribution >= 0.6 is 0 Å². The molecular weight excluding hydrogens is 394 g/mol. The first-order chi connectivity index (χ1) is 14.9. The molecule has 0 radical (unpaired) electrons. The number of aliphatic carboxylic acids is 2. The van der Waals surface area contributed by atoms with Crippen molar-refractivity contribution >= 4 is 11.9 Å². The maximum absolute atomic E-state index is 9.55. The summed E-state index contributed by atoms with van der Waals surface area (Å²) in [5, 5.41) is 15.6. The van der Waals surface area contributed by atoms with E-state index in [1.165, 1.54) is 22.3 Å². The summed E-state index contributed by atoms with van der Waals surface area (Å²) in [5.74, 6) is -1.60. The van der Waals surface area contributed by atoms with Gasteiger partial charge in [0.2, 0.25) is 0 Å². The normalized spacial score (nSPS) is 20.7. The van der Waals surface area contributed by atoms with Crippen molar-refractivity contribution in [3.8, 4) is 0 Å². The molecule has 0 fully saturated rings. The standard InChI is InChI=1S/C21H25NO.C4H4O4/c1-22(2)12-7-13-23-20-14-19-15-8-3-5-10-17(15)21(20)18-11-6-4-9-16(18)19;5-3(6)1-2-4(7)8/h3-6,8-11,19-21H,7,12-14H2,1-2H3;1-2H,(H,5,6)(H,7,8)/b;2-1+.